The first-order valence-corrected chi connectivity index (χ1v) is 5.52. The molecule has 0 aliphatic heterocycles. The molecule has 0 radical (unpaired) electrons. The number of imidazole rings is 1. The predicted molar refractivity (Wildman–Crippen MR) is 66.9 cm³/mol. The number of aryl methyl sites for hydroxylation is 1. The number of aromatic nitrogens is 4. The van der Waals surface area contributed by atoms with Crippen LogP contribution in [0, 0.1) is 0 Å². The Morgan fingerprint density at radius 1 is 1.41 bits per heavy atom. The largest absolute Gasteiger partial charge is 0.393 e. The van der Waals surface area contributed by atoms with Gasteiger partial charge in [0.2, 0.25) is 0 Å². The van der Waals surface area contributed by atoms with E-state index in [4.69, 9.17) is 17.3 Å². The fourth-order valence-electron chi connectivity index (χ4n) is 1.45. The highest BCUT2D eigenvalue weighted by Gasteiger charge is 2.05. The van der Waals surface area contributed by atoms with Gasteiger partial charge >= 0.3 is 0 Å². The SMILES string of the molecule is Cn1ccnc1CCNc1ncnc(Cl)c1N. The first-order chi connectivity index (χ1) is 8.18. The van der Waals surface area contributed by atoms with Crippen molar-refractivity contribution in [1.29, 1.82) is 0 Å². The molecule has 6 nitrogen and oxygen atoms in total. The van der Waals surface area contributed by atoms with Crippen LogP contribution >= 0.6 is 11.6 Å². The Morgan fingerprint density at radius 2 is 2.24 bits per heavy atom. The van der Waals surface area contributed by atoms with Crippen LogP contribution in [0.1, 0.15) is 5.82 Å². The minimum Gasteiger partial charge on any atom is -0.393 e. The van der Waals surface area contributed by atoms with E-state index in [-0.39, 0.29) is 5.15 Å². The smallest absolute Gasteiger partial charge is 0.157 e. The second kappa shape index (κ2) is 5.01. The van der Waals surface area contributed by atoms with Crippen LogP contribution in [-0.4, -0.2) is 26.1 Å². The third-order valence-electron chi connectivity index (χ3n) is 2.40. The summed E-state index contributed by atoms with van der Waals surface area (Å²) in [6.45, 7) is 0.683. The standard InChI is InChI=1S/C10H13ClN6/c1-17-5-4-13-7(17)2-3-14-10-8(12)9(11)15-6-16-10/h4-6H,2-3,12H2,1H3,(H,14,15,16). The highest BCUT2D eigenvalue weighted by Crippen LogP contribution is 2.21. The Morgan fingerprint density at radius 3 is 2.94 bits per heavy atom. The van der Waals surface area contributed by atoms with E-state index in [2.05, 4.69) is 20.3 Å². The summed E-state index contributed by atoms with van der Waals surface area (Å²) in [7, 11) is 1.96. The van der Waals surface area contributed by atoms with Crippen molar-refractivity contribution in [3.8, 4) is 0 Å². The lowest BCUT2D eigenvalue weighted by atomic mass is 10.4. The summed E-state index contributed by atoms with van der Waals surface area (Å²) in [5.41, 5.74) is 6.10. The molecular weight excluding hydrogens is 240 g/mol. The van der Waals surface area contributed by atoms with Crippen LogP contribution < -0.4 is 11.1 Å². The number of hydrogen-bond acceptors (Lipinski definition) is 5. The van der Waals surface area contributed by atoms with Crippen molar-refractivity contribution >= 4 is 23.1 Å². The van der Waals surface area contributed by atoms with Crippen molar-refractivity contribution in [2.75, 3.05) is 17.6 Å². The molecule has 0 bridgehead atoms. The van der Waals surface area contributed by atoms with Crippen molar-refractivity contribution in [2.24, 2.45) is 7.05 Å². The quantitative estimate of drug-likeness (QED) is 0.797. The first-order valence-electron chi connectivity index (χ1n) is 5.14. The van der Waals surface area contributed by atoms with Gasteiger partial charge in [-0.2, -0.15) is 0 Å². The van der Waals surface area contributed by atoms with E-state index in [9.17, 15) is 0 Å². The topological polar surface area (TPSA) is 81.7 Å². The van der Waals surface area contributed by atoms with Crippen LogP contribution in [0.3, 0.4) is 0 Å². The number of nitrogens with zero attached hydrogens (tertiary/aromatic N) is 4. The van der Waals surface area contributed by atoms with E-state index in [0.29, 0.717) is 18.1 Å². The van der Waals surface area contributed by atoms with Crippen molar-refractivity contribution in [3.63, 3.8) is 0 Å². The first kappa shape index (κ1) is 11.7. The predicted octanol–water partition coefficient (Wildman–Crippen LogP) is 1.10. The lowest BCUT2D eigenvalue weighted by Gasteiger charge is -2.08. The molecule has 0 saturated carbocycles. The summed E-state index contributed by atoms with van der Waals surface area (Å²) in [4.78, 5) is 12.0. The van der Waals surface area contributed by atoms with Crippen molar-refractivity contribution in [2.45, 2.75) is 6.42 Å². The molecule has 0 aromatic carbocycles. The molecule has 2 aromatic rings. The van der Waals surface area contributed by atoms with E-state index in [0.717, 1.165) is 12.2 Å². The maximum absolute atomic E-state index is 5.78. The Kier molecular flexibility index (Phi) is 3.43. The minimum absolute atomic E-state index is 0.263. The molecule has 17 heavy (non-hydrogen) atoms. The number of hydrogen-bond donors (Lipinski definition) is 2. The van der Waals surface area contributed by atoms with Crippen LogP contribution in [0.4, 0.5) is 11.5 Å². The average Bonchev–Trinajstić information content (AvgIpc) is 2.71. The normalized spacial score (nSPS) is 10.5. The van der Waals surface area contributed by atoms with Gasteiger partial charge in [-0.15, -0.1) is 0 Å². The van der Waals surface area contributed by atoms with E-state index >= 15 is 0 Å². The van der Waals surface area contributed by atoms with Crippen molar-refractivity contribution < 1.29 is 0 Å². The minimum atomic E-state index is 0.263. The second-order valence-corrected chi connectivity index (χ2v) is 3.92. The number of nitrogen functional groups attached to an aromatic ring is 1. The molecule has 90 valence electrons. The fraction of sp³-hybridized carbons (Fsp3) is 0.300. The van der Waals surface area contributed by atoms with Gasteiger partial charge in [0.05, 0.1) is 0 Å². The monoisotopic (exact) mass is 252 g/mol. The zero-order chi connectivity index (χ0) is 12.3. The maximum atomic E-state index is 5.78. The number of nitrogens with one attached hydrogen (secondary N) is 1. The number of halogens is 1. The molecule has 2 heterocycles. The Hall–Kier alpha value is -1.82. The lowest BCUT2D eigenvalue weighted by molar-refractivity contribution is 0.788. The van der Waals surface area contributed by atoms with E-state index in [1.807, 2.05) is 17.8 Å². The van der Waals surface area contributed by atoms with Crippen LogP contribution in [0.2, 0.25) is 5.15 Å². The molecule has 0 atom stereocenters. The van der Waals surface area contributed by atoms with Gasteiger partial charge in [0.15, 0.2) is 11.0 Å². The second-order valence-electron chi connectivity index (χ2n) is 3.56. The molecule has 0 aliphatic rings. The summed E-state index contributed by atoms with van der Waals surface area (Å²) in [5, 5.41) is 3.37. The molecule has 0 spiro atoms. The van der Waals surface area contributed by atoms with Gasteiger partial charge in [-0.25, -0.2) is 15.0 Å². The third kappa shape index (κ3) is 2.65. The van der Waals surface area contributed by atoms with E-state index < -0.39 is 0 Å². The van der Waals surface area contributed by atoms with Crippen LogP contribution in [0.5, 0.6) is 0 Å². The van der Waals surface area contributed by atoms with Gasteiger partial charge < -0.3 is 15.6 Å². The van der Waals surface area contributed by atoms with E-state index in [1.54, 1.807) is 6.20 Å². The van der Waals surface area contributed by atoms with Gasteiger partial charge in [0.1, 0.15) is 17.8 Å². The summed E-state index contributed by atoms with van der Waals surface area (Å²) >= 11 is 5.78. The van der Waals surface area contributed by atoms with Gasteiger partial charge in [0.25, 0.3) is 0 Å². The Bertz CT molecular complexity index is 509. The Labute approximate surface area is 104 Å². The number of rotatable bonds is 4. The number of anilines is 2. The van der Waals surface area contributed by atoms with Crippen LogP contribution in [-0.2, 0) is 13.5 Å². The lowest BCUT2D eigenvalue weighted by Crippen LogP contribution is -2.11. The average molecular weight is 253 g/mol. The molecule has 2 aromatic heterocycles. The van der Waals surface area contributed by atoms with Gasteiger partial charge in [0, 0.05) is 32.4 Å². The summed E-state index contributed by atoms with van der Waals surface area (Å²) in [5.74, 6) is 1.55. The molecule has 0 amide bonds. The van der Waals surface area contributed by atoms with Gasteiger partial charge in [-0.3, -0.25) is 0 Å². The van der Waals surface area contributed by atoms with Crippen LogP contribution in [0.15, 0.2) is 18.7 Å². The molecule has 0 fully saturated rings. The molecule has 2 rings (SSSR count). The third-order valence-corrected chi connectivity index (χ3v) is 2.70. The summed E-state index contributed by atoms with van der Waals surface area (Å²) in [6.07, 6.45) is 5.84. The van der Waals surface area contributed by atoms with Gasteiger partial charge in [-0.05, 0) is 0 Å². The fourth-order valence-corrected chi connectivity index (χ4v) is 1.58. The van der Waals surface area contributed by atoms with Crippen molar-refractivity contribution in [3.05, 3.63) is 29.7 Å². The summed E-state index contributed by atoms with van der Waals surface area (Å²) < 4.78 is 1.97. The highest BCUT2D eigenvalue weighted by molar-refractivity contribution is 6.32. The maximum Gasteiger partial charge on any atom is 0.157 e. The molecule has 0 saturated heterocycles. The van der Waals surface area contributed by atoms with E-state index in [1.165, 1.54) is 6.33 Å². The van der Waals surface area contributed by atoms with Crippen LogP contribution in [0.25, 0.3) is 0 Å². The summed E-state index contributed by atoms with van der Waals surface area (Å²) in [6, 6.07) is 0. The molecule has 7 heteroatoms. The zero-order valence-electron chi connectivity index (χ0n) is 9.39. The highest BCUT2D eigenvalue weighted by atomic mass is 35.5. The molecule has 0 unspecified atom stereocenters. The number of nitrogens with two attached hydrogens (primary N) is 1. The zero-order valence-corrected chi connectivity index (χ0v) is 10.1. The molecule has 0 aliphatic carbocycles. The van der Waals surface area contributed by atoms with Crippen molar-refractivity contribution in [1.82, 2.24) is 19.5 Å². The van der Waals surface area contributed by atoms with Gasteiger partial charge in [-0.1, -0.05) is 11.6 Å². The molecular formula is C10H13ClN6. The Balaban J connectivity index is 1.95. The molecule has 3 N–H and O–H groups in total.